The molecule has 208 valence electrons. The molecule has 8 heteroatoms. The van der Waals surface area contributed by atoms with Gasteiger partial charge in [0.1, 0.15) is 24.4 Å². The summed E-state index contributed by atoms with van der Waals surface area (Å²) in [5.74, 6) is -1.01. The number of hydrogen-bond acceptors (Lipinski definition) is 7. The van der Waals surface area contributed by atoms with Gasteiger partial charge in [-0.15, -0.1) is 0 Å². The minimum absolute atomic E-state index is 0.267. The Balaban J connectivity index is 1.66. The topological polar surface area (TPSA) is 92.7 Å². The van der Waals surface area contributed by atoms with Crippen molar-refractivity contribution in [3.05, 3.63) is 108 Å². The van der Waals surface area contributed by atoms with Crippen LogP contribution in [0, 0.1) is 0 Å². The number of benzene rings is 3. The number of rotatable bonds is 14. The predicted octanol–water partition coefficient (Wildman–Crippen LogP) is 4.60. The Morgan fingerprint density at radius 3 is 1.56 bits per heavy atom. The van der Waals surface area contributed by atoms with E-state index in [0.717, 1.165) is 16.7 Å². The Hall–Kier alpha value is -3.11. The highest BCUT2D eigenvalue weighted by molar-refractivity contribution is 5.67. The zero-order valence-corrected chi connectivity index (χ0v) is 22.3. The van der Waals surface area contributed by atoms with E-state index < -0.39 is 42.8 Å². The molecule has 1 heterocycles. The smallest absolute Gasteiger partial charge is 0.306 e. The van der Waals surface area contributed by atoms with Crippen molar-refractivity contribution in [1.29, 1.82) is 0 Å². The van der Waals surface area contributed by atoms with E-state index in [1.807, 2.05) is 91.0 Å². The molecule has 0 radical (unpaired) electrons. The molecule has 3 aromatic rings. The molecule has 1 unspecified atom stereocenters. The van der Waals surface area contributed by atoms with Crippen LogP contribution in [0.3, 0.4) is 0 Å². The fraction of sp³-hybridized carbons (Fsp3) is 0.387. The van der Waals surface area contributed by atoms with Gasteiger partial charge in [-0.1, -0.05) is 91.0 Å². The number of methoxy groups -OCH3 is 2. The van der Waals surface area contributed by atoms with Gasteiger partial charge in [0.2, 0.25) is 0 Å². The molecule has 0 spiro atoms. The Bertz CT molecular complexity index is 1110. The maximum atomic E-state index is 11.7. The van der Waals surface area contributed by atoms with Gasteiger partial charge < -0.3 is 33.5 Å². The third kappa shape index (κ3) is 8.19. The van der Waals surface area contributed by atoms with Gasteiger partial charge in [-0.2, -0.15) is 0 Å². The first kappa shape index (κ1) is 28.9. The van der Waals surface area contributed by atoms with Crippen LogP contribution in [0.25, 0.3) is 0 Å². The summed E-state index contributed by atoms with van der Waals surface area (Å²) < 4.78 is 37.0. The van der Waals surface area contributed by atoms with Crippen LogP contribution in [0.2, 0.25) is 0 Å². The molecule has 0 bridgehead atoms. The molecule has 1 aliphatic heterocycles. The average molecular weight is 537 g/mol. The lowest BCUT2D eigenvalue weighted by atomic mass is 9.93. The molecule has 1 saturated heterocycles. The van der Waals surface area contributed by atoms with Crippen molar-refractivity contribution in [1.82, 2.24) is 0 Å². The number of aliphatic carboxylic acids is 1. The van der Waals surface area contributed by atoms with Crippen molar-refractivity contribution in [3.8, 4) is 0 Å². The Kier molecular flexibility index (Phi) is 11.0. The number of carboxylic acid groups (broad SMARTS) is 1. The second-order valence-electron chi connectivity index (χ2n) is 9.36. The number of ether oxygens (including phenoxy) is 6. The second kappa shape index (κ2) is 14.9. The molecule has 0 saturated carbocycles. The van der Waals surface area contributed by atoms with Crippen LogP contribution in [-0.4, -0.2) is 62.1 Å². The highest BCUT2D eigenvalue weighted by Gasteiger charge is 2.51. The van der Waals surface area contributed by atoms with E-state index in [-0.39, 0.29) is 13.0 Å². The first-order valence-corrected chi connectivity index (χ1v) is 13.0. The van der Waals surface area contributed by atoms with E-state index in [1.54, 1.807) is 0 Å². The van der Waals surface area contributed by atoms with Crippen LogP contribution in [0.1, 0.15) is 23.1 Å². The van der Waals surface area contributed by atoms with Crippen LogP contribution in [0.15, 0.2) is 91.0 Å². The lowest BCUT2D eigenvalue weighted by Crippen LogP contribution is -2.63. The van der Waals surface area contributed by atoms with Crippen LogP contribution < -0.4 is 0 Å². The van der Waals surface area contributed by atoms with Crippen molar-refractivity contribution in [3.63, 3.8) is 0 Å². The van der Waals surface area contributed by atoms with Crippen molar-refractivity contribution in [2.75, 3.05) is 14.2 Å². The number of carboxylic acids is 1. The van der Waals surface area contributed by atoms with E-state index in [0.29, 0.717) is 13.2 Å². The van der Waals surface area contributed by atoms with Crippen molar-refractivity contribution in [2.45, 2.75) is 63.1 Å². The van der Waals surface area contributed by atoms with Gasteiger partial charge in [0.05, 0.1) is 32.3 Å². The van der Waals surface area contributed by atoms with Gasteiger partial charge in [-0.05, 0) is 16.7 Å². The van der Waals surface area contributed by atoms with Crippen molar-refractivity contribution >= 4 is 5.97 Å². The standard InChI is InChI=1S/C31H36O8/c1-34-25(18-26(32)33)27-28(36-19-22-12-6-3-7-13-22)29(37-20-23-14-8-4-9-15-23)30(31(35-2)39-27)38-21-24-16-10-5-11-17-24/h3-17,25,27-31H,18-21H2,1-2H3,(H,32,33)/t25?,27-,28-,29+,30+,31+/m1/s1. The fourth-order valence-electron chi connectivity index (χ4n) is 4.69. The Labute approximate surface area is 229 Å². The molecular weight excluding hydrogens is 500 g/mol. The van der Waals surface area contributed by atoms with E-state index in [4.69, 9.17) is 28.4 Å². The third-order valence-corrected chi connectivity index (χ3v) is 6.66. The lowest BCUT2D eigenvalue weighted by Gasteiger charge is -2.47. The van der Waals surface area contributed by atoms with Crippen LogP contribution >= 0.6 is 0 Å². The SMILES string of the molecule is COC(CC(=O)O)[C@H]1O[C@H](OC)[C@@H](OCc2ccccc2)[C@@H](OCc2ccccc2)[C@@H]1OCc1ccccc1. The Morgan fingerprint density at radius 1 is 0.718 bits per heavy atom. The van der Waals surface area contributed by atoms with Crippen molar-refractivity contribution < 1.29 is 38.3 Å². The second-order valence-corrected chi connectivity index (χ2v) is 9.36. The maximum Gasteiger partial charge on any atom is 0.306 e. The predicted molar refractivity (Wildman–Crippen MR) is 144 cm³/mol. The summed E-state index contributed by atoms with van der Waals surface area (Å²) in [6, 6.07) is 29.3. The summed E-state index contributed by atoms with van der Waals surface area (Å²) in [6.07, 6.45) is -4.76. The van der Waals surface area contributed by atoms with E-state index in [1.165, 1.54) is 14.2 Å². The summed E-state index contributed by atoms with van der Waals surface area (Å²) in [6.45, 7) is 0.865. The number of hydrogen-bond donors (Lipinski definition) is 1. The van der Waals surface area contributed by atoms with Crippen LogP contribution in [-0.2, 0) is 53.0 Å². The molecule has 0 aliphatic carbocycles. The molecule has 1 aliphatic rings. The van der Waals surface area contributed by atoms with E-state index in [2.05, 4.69) is 0 Å². The molecule has 4 rings (SSSR count). The minimum atomic E-state index is -1.01. The van der Waals surface area contributed by atoms with Gasteiger partial charge in [-0.3, -0.25) is 4.79 Å². The zero-order chi connectivity index (χ0) is 27.5. The third-order valence-electron chi connectivity index (χ3n) is 6.66. The first-order valence-electron chi connectivity index (χ1n) is 13.0. The molecule has 1 N–H and O–H groups in total. The van der Waals surface area contributed by atoms with E-state index in [9.17, 15) is 9.90 Å². The molecule has 1 fully saturated rings. The number of carbonyl (C=O) groups is 1. The highest BCUT2D eigenvalue weighted by Crippen LogP contribution is 2.33. The largest absolute Gasteiger partial charge is 0.481 e. The van der Waals surface area contributed by atoms with Gasteiger partial charge >= 0.3 is 5.97 Å². The summed E-state index contributed by atoms with van der Waals surface area (Å²) >= 11 is 0. The normalized spacial score (nSPS) is 23.8. The quantitative estimate of drug-likeness (QED) is 0.320. The molecule has 8 nitrogen and oxygen atoms in total. The maximum absolute atomic E-state index is 11.7. The van der Waals surface area contributed by atoms with Gasteiger partial charge in [-0.25, -0.2) is 0 Å². The van der Waals surface area contributed by atoms with E-state index >= 15 is 0 Å². The van der Waals surface area contributed by atoms with Gasteiger partial charge in [0, 0.05) is 14.2 Å². The van der Waals surface area contributed by atoms with Gasteiger partial charge in [0.15, 0.2) is 6.29 Å². The molecule has 6 atom stereocenters. The molecule has 0 aromatic heterocycles. The summed E-state index contributed by atoms with van der Waals surface area (Å²) in [7, 11) is 2.99. The Morgan fingerprint density at radius 2 is 1.15 bits per heavy atom. The summed E-state index contributed by atoms with van der Waals surface area (Å²) in [5, 5.41) is 9.58. The summed E-state index contributed by atoms with van der Waals surface area (Å²) in [4.78, 5) is 11.7. The zero-order valence-electron chi connectivity index (χ0n) is 22.3. The van der Waals surface area contributed by atoms with Crippen LogP contribution in [0.4, 0.5) is 0 Å². The monoisotopic (exact) mass is 536 g/mol. The minimum Gasteiger partial charge on any atom is -0.481 e. The molecular formula is C31H36O8. The van der Waals surface area contributed by atoms with Crippen molar-refractivity contribution in [2.24, 2.45) is 0 Å². The lowest BCUT2D eigenvalue weighted by molar-refractivity contribution is -0.330. The highest BCUT2D eigenvalue weighted by atomic mass is 16.7. The average Bonchev–Trinajstić information content (AvgIpc) is 2.98. The molecule has 0 amide bonds. The molecule has 3 aromatic carbocycles. The summed E-state index contributed by atoms with van der Waals surface area (Å²) in [5.41, 5.74) is 2.92. The fourth-order valence-corrected chi connectivity index (χ4v) is 4.69. The first-order chi connectivity index (χ1) is 19.1. The van der Waals surface area contributed by atoms with Crippen LogP contribution in [0.5, 0.6) is 0 Å². The molecule has 39 heavy (non-hydrogen) atoms. The van der Waals surface area contributed by atoms with Gasteiger partial charge in [0.25, 0.3) is 0 Å².